The first-order valence-electron chi connectivity index (χ1n) is 9.47. The van der Waals surface area contributed by atoms with Crippen LogP contribution in [0.25, 0.3) is 17.2 Å². The first-order valence-corrected chi connectivity index (χ1v) is 9.85. The minimum absolute atomic E-state index is 0.155. The van der Waals surface area contributed by atoms with Crippen LogP contribution in [0.2, 0.25) is 5.02 Å². The van der Waals surface area contributed by atoms with E-state index in [1.165, 1.54) is 10.9 Å². The molecule has 1 aliphatic heterocycles. The van der Waals surface area contributed by atoms with Gasteiger partial charge in [-0.15, -0.1) is 0 Å². The predicted octanol–water partition coefficient (Wildman–Crippen LogP) is 2.43. The van der Waals surface area contributed by atoms with E-state index in [2.05, 4.69) is 26.0 Å². The number of halogens is 1. The maximum Gasteiger partial charge on any atom is 0.174 e. The molecule has 0 spiro atoms. The van der Waals surface area contributed by atoms with Crippen LogP contribution in [-0.4, -0.2) is 48.5 Å². The van der Waals surface area contributed by atoms with Gasteiger partial charge in [0.1, 0.15) is 23.1 Å². The number of rotatable bonds is 4. The molecule has 0 aliphatic carbocycles. The second kappa shape index (κ2) is 7.55. The number of anilines is 2. The van der Waals surface area contributed by atoms with Crippen LogP contribution in [0, 0.1) is 17.2 Å². The van der Waals surface area contributed by atoms with Crippen molar-refractivity contribution in [2.24, 2.45) is 5.92 Å². The lowest BCUT2D eigenvalue weighted by atomic mass is 9.90. The van der Waals surface area contributed by atoms with Gasteiger partial charge in [0.05, 0.1) is 46.8 Å². The van der Waals surface area contributed by atoms with E-state index in [0.29, 0.717) is 28.8 Å². The van der Waals surface area contributed by atoms with Crippen molar-refractivity contribution in [2.45, 2.75) is 25.9 Å². The second-order valence-electron chi connectivity index (χ2n) is 7.86. The normalized spacial score (nSPS) is 16.6. The molecule has 0 radical (unpaired) electrons. The van der Waals surface area contributed by atoms with Gasteiger partial charge in [0, 0.05) is 19.0 Å². The topological polar surface area (TPSA) is 130 Å². The largest absolute Gasteiger partial charge is 0.397 e. The molecule has 3 N–H and O–H groups in total. The van der Waals surface area contributed by atoms with Gasteiger partial charge >= 0.3 is 0 Å². The molecule has 3 aromatic rings. The van der Waals surface area contributed by atoms with E-state index < -0.39 is 5.60 Å². The standard InChI is InChI=1S/C20H21ClN8O/c1-20(2,30)12-3-4-28(10-12)18-9-24-8-17(26-18)16-5-15(23)14(6-22)19(27-16)29-11-13(21)7-25-29/h5,7-9,11-12,30H,3-4,10H2,1-2H3,(H2,23,27). The lowest BCUT2D eigenvalue weighted by Crippen LogP contribution is -2.33. The van der Waals surface area contributed by atoms with Gasteiger partial charge in [0.15, 0.2) is 5.82 Å². The molecule has 1 saturated heterocycles. The quantitative estimate of drug-likeness (QED) is 0.653. The average molecular weight is 425 g/mol. The number of nitrogens with zero attached hydrogens (tertiary/aromatic N) is 7. The summed E-state index contributed by atoms with van der Waals surface area (Å²) in [5, 5.41) is 24.4. The number of aromatic nitrogens is 5. The van der Waals surface area contributed by atoms with Crippen molar-refractivity contribution in [3.8, 4) is 23.3 Å². The molecule has 1 unspecified atom stereocenters. The Morgan fingerprint density at radius 2 is 2.07 bits per heavy atom. The number of aliphatic hydroxyl groups is 1. The molecule has 4 heterocycles. The van der Waals surface area contributed by atoms with Gasteiger partial charge in [-0.05, 0) is 26.3 Å². The first-order chi connectivity index (χ1) is 14.3. The summed E-state index contributed by atoms with van der Waals surface area (Å²) >= 11 is 5.97. The molecule has 10 heteroatoms. The van der Waals surface area contributed by atoms with Crippen molar-refractivity contribution in [3.05, 3.63) is 41.4 Å². The van der Waals surface area contributed by atoms with Gasteiger partial charge in [0.25, 0.3) is 0 Å². The Bertz CT molecular complexity index is 1130. The van der Waals surface area contributed by atoms with Gasteiger partial charge < -0.3 is 15.7 Å². The zero-order chi connectivity index (χ0) is 21.5. The third-order valence-corrected chi connectivity index (χ3v) is 5.50. The van der Waals surface area contributed by atoms with Gasteiger partial charge in [-0.1, -0.05) is 11.6 Å². The minimum Gasteiger partial charge on any atom is -0.397 e. The average Bonchev–Trinajstić information content (AvgIpc) is 3.36. The molecule has 9 nitrogen and oxygen atoms in total. The number of nitriles is 1. The summed E-state index contributed by atoms with van der Waals surface area (Å²) in [6, 6.07) is 3.67. The molecule has 1 aliphatic rings. The van der Waals surface area contributed by atoms with E-state index in [4.69, 9.17) is 22.3 Å². The van der Waals surface area contributed by atoms with E-state index in [1.807, 2.05) is 13.8 Å². The van der Waals surface area contributed by atoms with Crippen LogP contribution in [0.5, 0.6) is 0 Å². The third kappa shape index (κ3) is 3.79. The molecule has 1 fully saturated rings. The van der Waals surface area contributed by atoms with E-state index in [-0.39, 0.29) is 23.0 Å². The van der Waals surface area contributed by atoms with Crippen LogP contribution in [-0.2, 0) is 0 Å². The summed E-state index contributed by atoms with van der Waals surface area (Å²) in [5.74, 6) is 1.13. The maximum atomic E-state index is 10.3. The molecule has 0 bridgehead atoms. The highest BCUT2D eigenvalue weighted by Crippen LogP contribution is 2.31. The zero-order valence-electron chi connectivity index (χ0n) is 16.6. The van der Waals surface area contributed by atoms with E-state index in [1.54, 1.807) is 24.7 Å². The summed E-state index contributed by atoms with van der Waals surface area (Å²) in [6.07, 6.45) is 7.18. The summed E-state index contributed by atoms with van der Waals surface area (Å²) in [6.45, 7) is 5.14. The fraction of sp³-hybridized carbons (Fsp3) is 0.350. The Morgan fingerprint density at radius 3 is 2.70 bits per heavy atom. The summed E-state index contributed by atoms with van der Waals surface area (Å²) in [5.41, 5.74) is 6.83. The van der Waals surface area contributed by atoms with E-state index >= 15 is 0 Å². The zero-order valence-corrected chi connectivity index (χ0v) is 17.4. The molecule has 0 amide bonds. The Kier molecular flexibility index (Phi) is 5.05. The third-order valence-electron chi connectivity index (χ3n) is 5.31. The van der Waals surface area contributed by atoms with E-state index in [9.17, 15) is 10.4 Å². The highest BCUT2D eigenvalue weighted by molar-refractivity contribution is 6.30. The second-order valence-corrected chi connectivity index (χ2v) is 8.29. The van der Waals surface area contributed by atoms with Crippen LogP contribution in [0.15, 0.2) is 30.9 Å². The fourth-order valence-corrected chi connectivity index (χ4v) is 3.69. The smallest absolute Gasteiger partial charge is 0.174 e. The van der Waals surface area contributed by atoms with E-state index in [0.717, 1.165) is 13.0 Å². The number of pyridine rings is 1. The van der Waals surface area contributed by atoms with Crippen LogP contribution < -0.4 is 10.6 Å². The number of hydrogen-bond donors (Lipinski definition) is 2. The van der Waals surface area contributed by atoms with Crippen LogP contribution in [0.3, 0.4) is 0 Å². The highest BCUT2D eigenvalue weighted by Gasteiger charge is 2.34. The molecule has 3 aromatic heterocycles. The van der Waals surface area contributed by atoms with Gasteiger partial charge in [-0.25, -0.2) is 14.6 Å². The summed E-state index contributed by atoms with van der Waals surface area (Å²) in [7, 11) is 0. The Balaban J connectivity index is 1.71. The fourth-order valence-electron chi connectivity index (χ4n) is 3.56. The lowest BCUT2D eigenvalue weighted by Gasteiger charge is -2.25. The first kappa shape index (κ1) is 20.1. The lowest BCUT2D eigenvalue weighted by molar-refractivity contribution is 0.0263. The molecular weight excluding hydrogens is 404 g/mol. The minimum atomic E-state index is -0.747. The van der Waals surface area contributed by atoms with Crippen molar-refractivity contribution in [1.29, 1.82) is 5.26 Å². The Morgan fingerprint density at radius 1 is 1.27 bits per heavy atom. The van der Waals surface area contributed by atoms with Gasteiger partial charge in [-0.2, -0.15) is 10.4 Å². The molecule has 154 valence electrons. The molecule has 0 saturated carbocycles. The Labute approximate surface area is 178 Å². The van der Waals surface area contributed by atoms with Crippen molar-refractivity contribution >= 4 is 23.1 Å². The van der Waals surface area contributed by atoms with Gasteiger partial charge in [0.2, 0.25) is 0 Å². The highest BCUT2D eigenvalue weighted by atomic mass is 35.5. The van der Waals surface area contributed by atoms with Crippen LogP contribution in [0.1, 0.15) is 25.8 Å². The Hall–Kier alpha value is -3.22. The van der Waals surface area contributed by atoms with Gasteiger partial charge in [-0.3, -0.25) is 4.98 Å². The number of nitrogen functional groups attached to an aromatic ring is 1. The van der Waals surface area contributed by atoms with Crippen molar-refractivity contribution in [2.75, 3.05) is 23.7 Å². The molecular formula is C20H21ClN8O. The SMILES string of the molecule is CC(C)(O)C1CCN(c2cncc(-c3cc(N)c(C#N)c(-n4cc(Cl)cn4)n3)n2)C1. The van der Waals surface area contributed by atoms with Crippen molar-refractivity contribution in [1.82, 2.24) is 24.7 Å². The van der Waals surface area contributed by atoms with Crippen LogP contribution in [0.4, 0.5) is 11.5 Å². The summed E-state index contributed by atoms with van der Waals surface area (Å²) in [4.78, 5) is 15.7. The molecule has 1 atom stereocenters. The number of nitrogens with two attached hydrogens (primary N) is 1. The maximum absolute atomic E-state index is 10.3. The monoisotopic (exact) mass is 424 g/mol. The van der Waals surface area contributed by atoms with Crippen LogP contribution >= 0.6 is 11.6 Å². The molecule has 4 rings (SSSR count). The summed E-state index contributed by atoms with van der Waals surface area (Å²) < 4.78 is 1.41. The predicted molar refractivity (Wildman–Crippen MR) is 113 cm³/mol. The van der Waals surface area contributed by atoms with Crippen molar-refractivity contribution < 1.29 is 5.11 Å². The number of hydrogen-bond acceptors (Lipinski definition) is 8. The molecule has 0 aromatic carbocycles. The van der Waals surface area contributed by atoms with Crippen molar-refractivity contribution in [3.63, 3.8) is 0 Å². The molecule has 30 heavy (non-hydrogen) atoms.